The summed E-state index contributed by atoms with van der Waals surface area (Å²) in [7, 11) is -0.490. The number of nitrogens with zero attached hydrogens (tertiary/aromatic N) is 2. The molecular formula is C14H20ClN3O3S. The van der Waals surface area contributed by atoms with Gasteiger partial charge in [0.15, 0.2) is 0 Å². The molecule has 122 valence electrons. The summed E-state index contributed by atoms with van der Waals surface area (Å²) < 4.78 is 26.8. The first kappa shape index (κ1) is 17.2. The summed E-state index contributed by atoms with van der Waals surface area (Å²) in [4.78, 5) is 12.3. The molecule has 2 rings (SSSR count). The van der Waals surface area contributed by atoms with Crippen LogP contribution in [-0.2, 0) is 15.0 Å². The van der Waals surface area contributed by atoms with Crippen LogP contribution in [0.3, 0.4) is 0 Å². The molecule has 1 aliphatic rings. The topological polar surface area (TPSA) is 69.7 Å². The van der Waals surface area contributed by atoms with Crippen LogP contribution < -0.4 is 5.32 Å². The monoisotopic (exact) mass is 345 g/mol. The van der Waals surface area contributed by atoms with E-state index in [1.807, 2.05) is 0 Å². The minimum absolute atomic E-state index is 0.166. The first-order chi connectivity index (χ1) is 10.3. The van der Waals surface area contributed by atoms with Crippen molar-refractivity contribution in [2.45, 2.75) is 12.8 Å². The molecule has 1 amide bonds. The van der Waals surface area contributed by atoms with Gasteiger partial charge in [-0.1, -0.05) is 11.6 Å². The fourth-order valence-corrected chi connectivity index (χ4v) is 3.69. The number of hydrogen-bond donors (Lipinski definition) is 1. The van der Waals surface area contributed by atoms with E-state index in [1.54, 1.807) is 24.3 Å². The van der Waals surface area contributed by atoms with Crippen molar-refractivity contribution in [1.82, 2.24) is 8.61 Å². The Balaban J connectivity index is 2.03. The van der Waals surface area contributed by atoms with Gasteiger partial charge in [-0.2, -0.15) is 17.0 Å². The summed E-state index contributed by atoms with van der Waals surface area (Å²) in [5.74, 6) is -0.514. The van der Waals surface area contributed by atoms with Crippen molar-refractivity contribution < 1.29 is 13.2 Å². The lowest BCUT2D eigenvalue weighted by Gasteiger charge is -2.32. The van der Waals surface area contributed by atoms with Gasteiger partial charge < -0.3 is 5.32 Å². The van der Waals surface area contributed by atoms with Crippen molar-refractivity contribution >= 4 is 33.4 Å². The standard InChI is InChI=1S/C14H20ClN3O3S/c1-17(2)22(20,21)18-9-3-4-11(10-18)14(19)16-13-7-5-12(15)6-8-13/h5-8,11H,3-4,9-10H2,1-2H3,(H,16,19)/t11-/m0/s1. The van der Waals surface area contributed by atoms with E-state index < -0.39 is 10.2 Å². The van der Waals surface area contributed by atoms with E-state index in [2.05, 4.69) is 5.32 Å². The van der Waals surface area contributed by atoms with Crippen LogP contribution in [0, 0.1) is 5.92 Å². The SMILES string of the molecule is CN(C)S(=O)(=O)N1CCC[C@H](C(=O)Nc2ccc(Cl)cc2)C1. The predicted molar refractivity (Wildman–Crippen MR) is 87.0 cm³/mol. The van der Waals surface area contributed by atoms with Crippen LogP contribution in [0.15, 0.2) is 24.3 Å². The molecule has 6 nitrogen and oxygen atoms in total. The van der Waals surface area contributed by atoms with Crippen molar-refractivity contribution in [3.05, 3.63) is 29.3 Å². The maximum Gasteiger partial charge on any atom is 0.281 e. The van der Waals surface area contributed by atoms with Crippen molar-refractivity contribution in [2.24, 2.45) is 5.92 Å². The molecule has 0 bridgehead atoms. The maximum atomic E-state index is 12.3. The van der Waals surface area contributed by atoms with Crippen molar-refractivity contribution in [3.8, 4) is 0 Å². The summed E-state index contributed by atoms with van der Waals surface area (Å²) >= 11 is 5.81. The Morgan fingerprint density at radius 1 is 1.32 bits per heavy atom. The molecule has 22 heavy (non-hydrogen) atoms. The van der Waals surface area contributed by atoms with Gasteiger partial charge in [-0.05, 0) is 37.1 Å². The lowest BCUT2D eigenvalue weighted by atomic mass is 9.99. The maximum absolute atomic E-state index is 12.3. The molecule has 1 fully saturated rings. The Morgan fingerprint density at radius 2 is 1.95 bits per heavy atom. The van der Waals surface area contributed by atoms with Gasteiger partial charge in [-0.25, -0.2) is 0 Å². The highest BCUT2D eigenvalue weighted by Crippen LogP contribution is 2.22. The molecule has 1 saturated heterocycles. The van der Waals surface area contributed by atoms with Gasteiger partial charge in [0.05, 0.1) is 5.92 Å². The second kappa shape index (κ2) is 6.95. The molecular weight excluding hydrogens is 326 g/mol. The number of hydrogen-bond acceptors (Lipinski definition) is 3. The third kappa shape index (κ3) is 3.98. The number of carbonyl (C=O) groups excluding carboxylic acids is 1. The van der Waals surface area contributed by atoms with Gasteiger partial charge in [0.2, 0.25) is 5.91 Å². The van der Waals surface area contributed by atoms with Crippen LogP contribution in [0.25, 0.3) is 0 Å². The third-order valence-corrected chi connectivity index (χ3v) is 5.81. The largest absolute Gasteiger partial charge is 0.326 e. The molecule has 0 unspecified atom stereocenters. The molecule has 1 aromatic rings. The van der Waals surface area contributed by atoms with Gasteiger partial charge in [-0.15, -0.1) is 0 Å². The van der Waals surface area contributed by atoms with Crippen LogP contribution >= 0.6 is 11.6 Å². The van der Waals surface area contributed by atoms with Gasteiger partial charge in [0.1, 0.15) is 0 Å². The van der Waals surface area contributed by atoms with Crippen LogP contribution in [0.1, 0.15) is 12.8 Å². The highest BCUT2D eigenvalue weighted by molar-refractivity contribution is 7.86. The summed E-state index contributed by atoms with van der Waals surface area (Å²) in [5.41, 5.74) is 0.655. The van der Waals surface area contributed by atoms with E-state index in [4.69, 9.17) is 11.6 Å². The number of rotatable bonds is 4. The van der Waals surface area contributed by atoms with E-state index in [0.717, 1.165) is 0 Å². The second-order valence-electron chi connectivity index (χ2n) is 5.48. The Morgan fingerprint density at radius 3 is 2.55 bits per heavy atom. The molecule has 1 N–H and O–H groups in total. The number of amides is 1. The Kier molecular flexibility index (Phi) is 5.44. The zero-order chi connectivity index (χ0) is 16.3. The molecule has 0 saturated carbocycles. The van der Waals surface area contributed by atoms with Gasteiger partial charge >= 0.3 is 0 Å². The summed E-state index contributed by atoms with van der Waals surface area (Å²) in [6, 6.07) is 6.83. The smallest absolute Gasteiger partial charge is 0.281 e. The Hall–Kier alpha value is -1.15. The fourth-order valence-electron chi connectivity index (χ4n) is 2.37. The van der Waals surface area contributed by atoms with Crippen LogP contribution in [-0.4, -0.2) is 50.1 Å². The molecule has 1 aromatic carbocycles. The second-order valence-corrected chi connectivity index (χ2v) is 8.06. The minimum atomic E-state index is -3.48. The van der Waals surface area contributed by atoms with E-state index >= 15 is 0 Å². The number of carbonyl (C=O) groups is 1. The van der Waals surface area contributed by atoms with Gasteiger partial charge in [0, 0.05) is 37.9 Å². The predicted octanol–water partition coefficient (Wildman–Crippen LogP) is 1.80. The molecule has 1 aliphatic heterocycles. The fraction of sp³-hybridized carbons (Fsp3) is 0.500. The molecule has 0 radical (unpaired) electrons. The normalized spacial score (nSPS) is 20.1. The number of benzene rings is 1. The zero-order valence-electron chi connectivity index (χ0n) is 12.6. The number of anilines is 1. The first-order valence-corrected chi connectivity index (χ1v) is 8.82. The van der Waals surface area contributed by atoms with Crippen molar-refractivity contribution in [1.29, 1.82) is 0 Å². The molecule has 8 heteroatoms. The number of nitrogens with one attached hydrogen (secondary N) is 1. The summed E-state index contributed by atoms with van der Waals surface area (Å²) in [6.45, 7) is 0.658. The Labute approximate surface area is 136 Å². The molecule has 1 heterocycles. The lowest BCUT2D eigenvalue weighted by Crippen LogP contribution is -2.47. The van der Waals surface area contributed by atoms with E-state index in [9.17, 15) is 13.2 Å². The number of piperidine rings is 1. The average Bonchev–Trinajstić information content (AvgIpc) is 2.49. The van der Waals surface area contributed by atoms with Crippen LogP contribution in [0.2, 0.25) is 5.02 Å². The van der Waals surface area contributed by atoms with E-state index in [0.29, 0.717) is 30.1 Å². The van der Waals surface area contributed by atoms with Gasteiger partial charge in [0.25, 0.3) is 10.2 Å². The summed E-state index contributed by atoms with van der Waals surface area (Å²) in [5, 5.41) is 3.40. The third-order valence-electron chi connectivity index (χ3n) is 3.65. The highest BCUT2D eigenvalue weighted by atomic mass is 35.5. The molecule has 0 aliphatic carbocycles. The summed E-state index contributed by atoms with van der Waals surface area (Å²) in [6.07, 6.45) is 1.35. The zero-order valence-corrected chi connectivity index (χ0v) is 14.2. The van der Waals surface area contributed by atoms with E-state index in [1.165, 1.54) is 22.7 Å². The first-order valence-electron chi connectivity index (χ1n) is 7.05. The molecule has 0 spiro atoms. The van der Waals surface area contributed by atoms with Gasteiger partial charge in [-0.3, -0.25) is 4.79 Å². The molecule has 0 aromatic heterocycles. The van der Waals surface area contributed by atoms with Crippen LogP contribution in [0.4, 0.5) is 5.69 Å². The lowest BCUT2D eigenvalue weighted by molar-refractivity contribution is -0.120. The number of halogens is 1. The van der Waals surface area contributed by atoms with Crippen molar-refractivity contribution in [3.63, 3.8) is 0 Å². The van der Waals surface area contributed by atoms with Crippen molar-refractivity contribution in [2.75, 3.05) is 32.5 Å². The Bertz CT molecular complexity index is 631. The quantitative estimate of drug-likeness (QED) is 0.904. The minimum Gasteiger partial charge on any atom is -0.326 e. The highest BCUT2D eigenvalue weighted by Gasteiger charge is 2.33. The van der Waals surface area contributed by atoms with Crippen LogP contribution in [0.5, 0.6) is 0 Å². The molecule has 1 atom stereocenters. The average molecular weight is 346 g/mol. The van der Waals surface area contributed by atoms with E-state index in [-0.39, 0.29) is 18.4 Å².